The molecular formula is C16H28Br2N2. The van der Waals surface area contributed by atoms with Gasteiger partial charge >= 0.3 is 0 Å². The number of rotatable bonds is 8. The summed E-state index contributed by atoms with van der Waals surface area (Å²) in [5, 5.41) is 0. The van der Waals surface area contributed by atoms with Crippen molar-refractivity contribution in [2.24, 2.45) is 0 Å². The first kappa shape index (κ1) is 22.1. The molecule has 0 aromatic rings. The van der Waals surface area contributed by atoms with Crippen LogP contribution in [-0.2, 0) is 0 Å². The summed E-state index contributed by atoms with van der Waals surface area (Å²) in [4.78, 5) is 0. The van der Waals surface area contributed by atoms with Gasteiger partial charge in [0.05, 0.1) is 26.2 Å². The van der Waals surface area contributed by atoms with E-state index in [9.17, 15) is 0 Å². The molecule has 0 amide bonds. The Hall–Kier alpha value is -0.160. The molecule has 1 aliphatic heterocycles. The van der Waals surface area contributed by atoms with Crippen molar-refractivity contribution in [2.45, 2.75) is 0 Å². The van der Waals surface area contributed by atoms with Crippen LogP contribution in [0.1, 0.15) is 0 Å². The van der Waals surface area contributed by atoms with E-state index in [1.807, 2.05) is 24.3 Å². The molecule has 1 heterocycles. The number of hydrogen-bond acceptors (Lipinski definition) is 0. The van der Waals surface area contributed by atoms with Crippen molar-refractivity contribution in [2.75, 3.05) is 52.4 Å². The largest absolute Gasteiger partial charge is 1.00 e. The zero-order valence-corrected chi connectivity index (χ0v) is 15.6. The highest BCUT2D eigenvalue weighted by molar-refractivity contribution is 4.77. The number of hydrogen-bond donors (Lipinski definition) is 0. The molecule has 0 bridgehead atoms. The van der Waals surface area contributed by atoms with E-state index >= 15 is 0 Å². The third-order valence-corrected chi connectivity index (χ3v) is 4.16. The Morgan fingerprint density at radius 2 is 0.750 bits per heavy atom. The van der Waals surface area contributed by atoms with E-state index in [0.29, 0.717) is 0 Å². The molecule has 0 unspecified atom stereocenters. The van der Waals surface area contributed by atoms with Crippen LogP contribution in [0, 0.1) is 0 Å². The third-order valence-electron chi connectivity index (χ3n) is 4.16. The fourth-order valence-corrected chi connectivity index (χ4v) is 3.05. The SMILES string of the molecule is C=CC[N+]1(CC=C)CC[N+](CC=C)(CC=C)CC1.[Br-].[Br-]. The Morgan fingerprint density at radius 1 is 0.550 bits per heavy atom. The summed E-state index contributed by atoms with van der Waals surface area (Å²) in [6, 6.07) is 0. The van der Waals surface area contributed by atoms with Crippen molar-refractivity contribution >= 4 is 0 Å². The Kier molecular flexibility index (Phi) is 11.7. The molecule has 0 aromatic carbocycles. The summed E-state index contributed by atoms with van der Waals surface area (Å²) in [5.74, 6) is 0. The second kappa shape index (κ2) is 10.6. The van der Waals surface area contributed by atoms with Crippen LogP contribution >= 0.6 is 0 Å². The van der Waals surface area contributed by atoms with E-state index < -0.39 is 0 Å². The highest BCUT2D eigenvalue weighted by Gasteiger charge is 2.39. The molecule has 0 saturated carbocycles. The zero-order chi connectivity index (χ0) is 13.5. The first-order valence-corrected chi connectivity index (χ1v) is 6.80. The van der Waals surface area contributed by atoms with Crippen molar-refractivity contribution in [1.29, 1.82) is 0 Å². The molecule has 0 spiro atoms. The van der Waals surface area contributed by atoms with Crippen molar-refractivity contribution < 1.29 is 42.9 Å². The molecular weight excluding hydrogens is 380 g/mol. The van der Waals surface area contributed by atoms with Crippen molar-refractivity contribution in [3.05, 3.63) is 50.6 Å². The second-order valence-electron chi connectivity index (χ2n) is 5.46. The maximum atomic E-state index is 3.90. The molecule has 4 heteroatoms. The van der Waals surface area contributed by atoms with Gasteiger partial charge in [-0.05, 0) is 24.3 Å². The van der Waals surface area contributed by atoms with Gasteiger partial charge in [0.1, 0.15) is 26.2 Å². The normalized spacial score (nSPS) is 18.8. The van der Waals surface area contributed by atoms with Gasteiger partial charge in [-0.25, -0.2) is 0 Å². The van der Waals surface area contributed by atoms with Crippen LogP contribution in [0.5, 0.6) is 0 Å². The Balaban J connectivity index is 0. The van der Waals surface area contributed by atoms with Gasteiger partial charge in [-0.2, -0.15) is 0 Å². The van der Waals surface area contributed by atoms with Gasteiger partial charge in [0.2, 0.25) is 0 Å². The van der Waals surface area contributed by atoms with E-state index in [1.165, 1.54) is 26.2 Å². The molecule has 0 radical (unpaired) electrons. The monoisotopic (exact) mass is 406 g/mol. The predicted molar refractivity (Wildman–Crippen MR) is 80.2 cm³/mol. The van der Waals surface area contributed by atoms with Gasteiger partial charge in [-0.1, -0.05) is 26.3 Å². The van der Waals surface area contributed by atoms with Crippen LogP contribution in [0.3, 0.4) is 0 Å². The minimum Gasteiger partial charge on any atom is -1.00 e. The van der Waals surface area contributed by atoms with Gasteiger partial charge in [0.25, 0.3) is 0 Å². The lowest BCUT2D eigenvalue weighted by molar-refractivity contribution is -1.02. The summed E-state index contributed by atoms with van der Waals surface area (Å²) < 4.78 is 2.22. The molecule has 1 saturated heterocycles. The minimum atomic E-state index is 0. The minimum absolute atomic E-state index is 0. The fraction of sp³-hybridized carbons (Fsp3) is 0.500. The number of nitrogens with zero attached hydrogens (tertiary/aromatic N) is 2. The Labute approximate surface area is 145 Å². The van der Waals surface area contributed by atoms with Gasteiger partial charge in [-0.3, -0.25) is 0 Å². The molecule has 1 fully saturated rings. The Morgan fingerprint density at radius 3 is 0.900 bits per heavy atom. The predicted octanol–water partition coefficient (Wildman–Crippen LogP) is -3.61. The lowest BCUT2D eigenvalue weighted by Gasteiger charge is -2.48. The molecule has 116 valence electrons. The van der Waals surface area contributed by atoms with Gasteiger partial charge < -0.3 is 42.9 Å². The average Bonchev–Trinajstić information content (AvgIpc) is 2.35. The summed E-state index contributed by atoms with van der Waals surface area (Å²) in [7, 11) is 0. The summed E-state index contributed by atoms with van der Waals surface area (Å²) in [5.41, 5.74) is 0. The first-order valence-electron chi connectivity index (χ1n) is 6.80. The van der Waals surface area contributed by atoms with E-state index in [4.69, 9.17) is 0 Å². The number of halogens is 2. The van der Waals surface area contributed by atoms with E-state index in [1.54, 1.807) is 0 Å². The smallest absolute Gasteiger partial charge is 0.129 e. The third kappa shape index (κ3) is 5.68. The van der Waals surface area contributed by atoms with Crippen LogP contribution in [0.2, 0.25) is 0 Å². The summed E-state index contributed by atoms with van der Waals surface area (Å²) in [6.45, 7) is 24.6. The van der Waals surface area contributed by atoms with E-state index in [0.717, 1.165) is 35.1 Å². The lowest BCUT2D eigenvalue weighted by Crippen LogP contribution is -3.00. The standard InChI is InChI=1S/C16H28N2.2BrH/c1-5-9-17(10-6-2)13-15-18(11-7-3,12-8-4)16-14-17;;/h5-8H,1-4,9-16H2;2*1H/q+2;;/p-2. The molecule has 0 N–H and O–H groups in total. The van der Waals surface area contributed by atoms with Crippen LogP contribution in [-0.4, -0.2) is 61.3 Å². The first-order chi connectivity index (χ1) is 8.66. The van der Waals surface area contributed by atoms with E-state index in [-0.39, 0.29) is 34.0 Å². The quantitative estimate of drug-likeness (QED) is 0.288. The van der Waals surface area contributed by atoms with Crippen molar-refractivity contribution in [3.63, 3.8) is 0 Å². The molecule has 0 aliphatic carbocycles. The molecule has 0 aromatic heterocycles. The molecule has 20 heavy (non-hydrogen) atoms. The number of quaternary nitrogens is 2. The van der Waals surface area contributed by atoms with Crippen molar-refractivity contribution in [1.82, 2.24) is 0 Å². The number of piperazine rings is 1. The highest BCUT2D eigenvalue weighted by Crippen LogP contribution is 2.20. The van der Waals surface area contributed by atoms with Crippen LogP contribution < -0.4 is 34.0 Å². The average molecular weight is 408 g/mol. The van der Waals surface area contributed by atoms with Gasteiger partial charge in [0, 0.05) is 0 Å². The fourth-order valence-electron chi connectivity index (χ4n) is 3.05. The molecule has 0 atom stereocenters. The topological polar surface area (TPSA) is 0 Å². The lowest BCUT2D eigenvalue weighted by atomic mass is 10.1. The van der Waals surface area contributed by atoms with Crippen LogP contribution in [0.25, 0.3) is 0 Å². The van der Waals surface area contributed by atoms with E-state index in [2.05, 4.69) is 26.3 Å². The highest BCUT2D eigenvalue weighted by atomic mass is 79.9. The second-order valence-corrected chi connectivity index (χ2v) is 5.46. The van der Waals surface area contributed by atoms with Crippen LogP contribution in [0.4, 0.5) is 0 Å². The zero-order valence-electron chi connectivity index (χ0n) is 12.4. The van der Waals surface area contributed by atoms with Gasteiger partial charge in [0.15, 0.2) is 0 Å². The summed E-state index contributed by atoms with van der Waals surface area (Å²) >= 11 is 0. The maximum absolute atomic E-state index is 3.90. The molecule has 1 rings (SSSR count). The van der Waals surface area contributed by atoms with Crippen LogP contribution in [0.15, 0.2) is 50.6 Å². The molecule has 2 nitrogen and oxygen atoms in total. The van der Waals surface area contributed by atoms with Gasteiger partial charge in [-0.15, -0.1) is 0 Å². The maximum Gasteiger partial charge on any atom is 0.129 e. The molecule has 1 aliphatic rings. The summed E-state index contributed by atoms with van der Waals surface area (Å²) in [6.07, 6.45) is 8.18. The Bertz CT molecular complexity index is 262. The van der Waals surface area contributed by atoms with Crippen molar-refractivity contribution in [3.8, 4) is 0 Å².